The Morgan fingerprint density at radius 1 is 1.06 bits per heavy atom. The third-order valence-corrected chi connectivity index (χ3v) is 3.59. The minimum atomic E-state index is -0.579. The number of amides is 2. The number of carbonyl (C=O) groups is 2. The first-order chi connectivity index (χ1) is 7.94. The lowest BCUT2D eigenvalue weighted by atomic mass is 10.1. The van der Waals surface area contributed by atoms with Crippen LogP contribution in [0.25, 0.3) is 0 Å². The Balaban J connectivity index is 0.00000162. The number of hydrogen-bond acceptors (Lipinski definition) is 3. The van der Waals surface area contributed by atoms with E-state index in [2.05, 4.69) is 0 Å². The molecule has 104 valence electrons. The van der Waals surface area contributed by atoms with Gasteiger partial charge in [-0.25, -0.2) is 0 Å². The van der Waals surface area contributed by atoms with E-state index in [0.29, 0.717) is 26.2 Å². The van der Waals surface area contributed by atoms with Gasteiger partial charge in [0.1, 0.15) is 0 Å². The van der Waals surface area contributed by atoms with Crippen molar-refractivity contribution in [2.45, 2.75) is 32.2 Å². The van der Waals surface area contributed by atoms with Crippen LogP contribution < -0.4 is 5.73 Å². The molecule has 6 heteroatoms. The highest BCUT2D eigenvalue weighted by atomic mass is 35.5. The van der Waals surface area contributed by atoms with Gasteiger partial charge in [0.2, 0.25) is 11.8 Å². The largest absolute Gasteiger partial charge is 0.339 e. The molecule has 0 atom stereocenters. The quantitative estimate of drug-likeness (QED) is 0.784. The van der Waals surface area contributed by atoms with E-state index in [0.717, 1.165) is 12.8 Å². The van der Waals surface area contributed by atoms with E-state index in [-0.39, 0.29) is 30.1 Å². The predicted molar refractivity (Wildman–Crippen MR) is 71.4 cm³/mol. The molecule has 1 heterocycles. The number of carbonyl (C=O) groups excluding carboxylic acids is 2. The molecule has 0 aromatic carbocycles. The zero-order valence-electron chi connectivity index (χ0n) is 11.0. The van der Waals surface area contributed by atoms with Crippen LogP contribution in [0.1, 0.15) is 26.7 Å². The normalized spacial score (nSPS) is 21.6. The van der Waals surface area contributed by atoms with E-state index in [1.807, 2.05) is 18.7 Å². The van der Waals surface area contributed by atoms with Crippen molar-refractivity contribution in [3.05, 3.63) is 0 Å². The predicted octanol–water partition coefficient (Wildman–Crippen LogP) is 0.226. The molecular formula is C12H22ClN3O2. The maximum Gasteiger partial charge on any atom is 0.242 e. The lowest BCUT2D eigenvalue weighted by Gasteiger charge is -2.36. The van der Waals surface area contributed by atoms with Crippen LogP contribution in [0.3, 0.4) is 0 Å². The molecule has 1 saturated heterocycles. The van der Waals surface area contributed by atoms with Crippen LogP contribution in [0.2, 0.25) is 0 Å². The van der Waals surface area contributed by atoms with Gasteiger partial charge in [-0.1, -0.05) is 13.8 Å². The highest BCUT2D eigenvalue weighted by Gasteiger charge is 2.48. The Hall–Kier alpha value is -0.810. The second-order valence-corrected chi connectivity index (χ2v) is 5.43. The van der Waals surface area contributed by atoms with Gasteiger partial charge in [0, 0.05) is 32.1 Å². The number of rotatable bonds is 2. The summed E-state index contributed by atoms with van der Waals surface area (Å²) in [6.07, 6.45) is 1.61. The van der Waals surface area contributed by atoms with Gasteiger partial charge < -0.3 is 15.5 Å². The Morgan fingerprint density at radius 2 is 1.50 bits per heavy atom. The molecule has 0 spiro atoms. The van der Waals surface area contributed by atoms with E-state index in [4.69, 9.17) is 5.73 Å². The lowest BCUT2D eigenvalue weighted by Crippen LogP contribution is -2.55. The van der Waals surface area contributed by atoms with Crippen molar-refractivity contribution in [2.24, 2.45) is 11.7 Å². The van der Waals surface area contributed by atoms with Crippen LogP contribution in [0.5, 0.6) is 0 Å². The first kappa shape index (κ1) is 15.2. The summed E-state index contributed by atoms with van der Waals surface area (Å²) in [5, 5.41) is 0. The van der Waals surface area contributed by atoms with Crippen LogP contribution in [-0.4, -0.2) is 53.3 Å². The molecule has 0 unspecified atom stereocenters. The van der Waals surface area contributed by atoms with E-state index < -0.39 is 5.54 Å². The van der Waals surface area contributed by atoms with Gasteiger partial charge in [-0.15, -0.1) is 12.4 Å². The van der Waals surface area contributed by atoms with E-state index in [1.165, 1.54) is 0 Å². The number of piperazine rings is 1. The minimum absolute atomic E-state index is 0. The van der Waals surface area contributed by atoms with Gasteiger partial charge in [0.05, 0.1) is 5.54 Å². The molecule has 0 radical (unpaired) electrons. The SMILES string of the molecule is CC(C)C(=O)N1CCN(C(=O)C2(N)CC2)CC1.Cl. The summed E-state index contributed by atoms with van der Waals surface area (Å²) in [5.41, 5.74) is 5.31. The fraction of sp³-hybridized carbons (Fsp3) is 0.833. The molecule has 2 N–H and O–H groups in total. The number of halogens is 1. The highest BCUT2D eigenvalue weighted by molar-refractivity contribution is 5.89. The molecule has 0 aromatic rings. The van der Waals surface area contributed by atoms with Crippen molar-refractivity contribution in [3.63, 3.8) is 0 Å². The van der Waals surface area contributed by atoms with Crippen molar-refractivity contribution in [3.8, 4) is 0 Å². The molecule has 2 amide bonds. The molecule has 18 heavy (non-hydrogen) atoms. The summed E-state index contributed by atoms with van der Waals surface area (Å²) in [6, 6.07) is 0. The van der Waals surface area contributed by atoms with Crippen LogP contribution in [0.4, 0.5) is 0 Å². The number of hydrogen-bond donors (Lipinski definition) is 1. The molecule has 1 aliphatic carbocycles. The molecule has 0 bridgehead atoms. The second kappa shape index (κ2) is 5.45. The fourth-order valence-corrected chi connectivity index (χ4v) is 2.16. The standard InChI is InChI=1S/C12H21N3O2.ClH/c1-9(2)10(16)14-5-7-15(8-6-14)11(17)12(13)3-4-12;/h9H,3-8,13H2,1-2H3;1H. The van der Waals surface area contributed by atoms with Gasteiger partial charge in [-0.3, -0.25) is 9.59 Å². The van der Waals surface area contributed by atoms with Gasteiger partial charge in [0.25, 0.3) is 0 Å². The Labute approximate surface area is 114 Å². The summed E-state index contributed by atoms with van der Waals surface area (Å²) in [6.45, 7) is 6.32. The molecule has 5 nitrogen and oxygen atoms in total. The summed E-state index contributed by atoms with van der Waals surface area (Å²) < 4.78 is 0. The lowest BCUT2D eigenvalue weighted by molar-refractivity contribution is -0.142. The average molecular weight is 276 g/mol. The Morgan fingerprint density at radius 3 is 1.89 bits per heavy atom. The third kappa shape index (κ3) is 2.95. The van der Waals surface area contributed by atoms with Crippen molar-refractivity contribution < 1.29 is 9.59 Å². The van der Waals surface area contributed by atoms with Gasteiger partial charge in [-0.05, 0) is 12.8 Å². The van der Waals surface area contributed by atoms with E-state index >= 15 is 0 Å². The number of nitrogens with two attached hydrogens (primary N) is 1. The van der Waals surface area contributed by atoms with Crippen LogP contribution in [0, 0.1) is 5.92 Å². The summed E-state index contributed by atoms with van der Waals surface area (Å²) in [4.78, 5) is 27.4. The number of nitrogens with zero attached hydrogens (tertiary/aromatic N) is 2. The van der Waals surface area contributed by atoms with Crippen LogP contribution in [0.15, 0.2) is 0 Å². The molecule has 2 aliphatic rings. The smallest absolute Gasteiger partial charge is 0.242 e. The fourth-order valence-electron chi connectivity index (χ4n) is 2.16. The van der Waals surface area contributed by atoms with Crippen LogP contribution in [-0.2, 0) is 9.59 Å². The van der Waals surface area contributed by atoms with E-state index in [1.54, 1.807) is 4.90 Å². The van der Waals surface area contributed by atoms with Gasteiger partial charge in [-0.2, -0.15) is 0 Å². The molecule has 0 aromatic heterocycles. The Kier molecular flexibility index (Phi) is 4.61. The zero-order chi connectivity index (χ0) is 12.6. The third-order valence-electron chi connectivity index (χ3n) is 3.59. The van der Waals surface area contributed by atoms with Crippen molar-refractivity contribution in [1.29, 1.82) is 0 Å². The maximum absolute atomic E-state index is 12.0. The summed E-state index contributed by atoms with van der Waals surface area (Å²) in [7, 11) is 0. The average Bonchev–Trinajstić information content (AvgIpc) is 3.07. The molecule has 1 saturated carbocycles. The minimum Gasteiger partial charge on any atom is -0.339 e. The molecular weight excluding hydrogens is 254 g/mol. The zero-order valence-corrected chi connectivity index (χ0v) is 11.8. The highest BCUT2D eigenvalue weighted by Crippen LogP contribution is 2.34. The molecule has 1 aliphatic heterocycles. The summed E-state index contributed by atoms with van der Waals surface area (Å²) >= 11 is 0. The molecule has 2 rings (SSSR count). The maximum atomic E-state index is 12.0. The topological polar surface area (TPSA) is 66.6 Å². The first-order valence-electron chi connectivity index (χ1n) is 6.31. The monoisotopic (exact) mass is 275 g/mol. The van der Waals surface area contributed by atoms with Crippen molar-refractivity contribution >= 4 is 24.2 Å². The summed E-state index contributed by atoms with van der Waals surface area (Å²) in [5.74, 6) is 0.265. The second-order valence-electron chi connectivity index (χ2n) is 5.43. The van der Waals surface area contributed by atoms with Crippen molar-refractivity contribution in [2.75, 3.05) is 26.2 Å². The molecule has 2 fully saturated rings. The van der Waals surface area contributed by atoms with Crippen molar-refractivity contribution in [1.82, 2.24) is 9.80 Å². The van der Waals surface area contributed by atoms with Crippen LogP contribution >= 0.6 is 12.4 Å². The van der Waals surface area contributed by atoms with Gasteiger partial charge in [0.15, 0.2) is 0 Å². The van der Waals surface area contributed by atoms with E-state index in [9.17, 15) is 9.59 Å². The Bertz CT molecular complexity index is 334. The van der Waals surface area contributed by atoms with Gasteiger partial charge >= 0.3 is 0 Å². The first-order valence-corrected chi connectivity index (χ1v) is 6.31.